The van der Waals surface area contributed by atoms with E-state index < -0.39 is 0 Å². The van der Waals surface area contributed by atoms with Crippen LogP contribution in [0, 0.1) is 11.2 Å². The first kappa shape index (κ1) is 16.1. The van der Waals surface area contributed by atoms with Crippen LogP contribution in [0.2, 0.25) is 0 Å². The lowest BCUT2D eigenvalue weighted by molar-refractivity contribution is 0.271. The Balaban J connectivity index is 2.16. The number of hydrogen-bond donors (Lipinski definition) is 1. The van der Waals surface area contributed by atoms with Gasteiger partial charge in [-0.1, -0.05) is 32.9 Å². The van der Waals surface area contributed by atoms with Gasteiger partial charge in [-0.2, -0.15) is 0 Å². The minimum atomic E-state index is -0.206. The van der Waals surface area contributed by atoms with E-state index in [1.165, 1.54) is 12.1 Å². The molecule has 1 aromatic carbocycles. The average molecular weight is 351 g/mol. The molecule has 1 N–H and O–H groups in total. The Bertz CT molecular complexity index is 590. The van der Waals surface area contributed by atoms with Gasteiger partial charge < -0.3 is 5.32 Å². The second-order valence-corrected chi connectivity index (χ2v) is 7.16. The molecule has 21 heavy (non-hydrogen) atoms. The van der Waals surface area contributed by atoms with E-state index in [0.717, 1.165) is 15.6 Å². The molecule has 0 radical (unpaired) electrons. The topological polar surface area (TPSA) is 24.9 Å². The molecular formula is C17H20BrFN2. The predicted molar refractivity (Wildman–Crippen MR) is 87.4 cm³/mol. The molecule has 1 unspecified atom stereocenters. The molecule has 2 rings (SSSR count). The van der Waals surface area contributed by atoms with Crippen LogP contribution < -0.4 is 5.32 Å². The average Bonchev–Trinajstić information content (AvgIpc) is 2.39. The maximum absolute atomic E-state index is 13.1. The first-order valence-electron chi connectivity index (χ1n) is 6.94. The lowest BCUT2D eigenvalue weighted by atomic mass is 9.82. The Morgan fingerprint density at radius 2 is 1.86 bits per heavy atom. The minimum Gasteiger partial charge on any atom is -0.305 e. The van der Waals surface area contributed by atoms with Crippen LogP contribution in [0.25, 0.3) is 0 Å². The normalized spacial score (nSPS) is 13.2. The van der Waals surface area contributed by atoms with Crippen LogP contribution in [-0.2, 0) is 6.54 Å². The zero-order valence-electron chi connectivity index (χ0n) is 12.5. The van der Waals surface area contributed by atoms with Crippen LogP contribution >= 0.6 is 15.9 Å². The van der Waals surface area contributed by atoms with E-state index >= 15 is 0 Å². The summed E-state index contributed by atoms with van der Waals surface area (Å²) in [5.74, 6) is -0.206. The van der Waals surface area contributed by atoms with E-state index in [2.05, 4.69) is 47.0 Å². The predicted octanol–water partition coefficient (Wildman–Crippen LogP) is 4.86. The van der Waals surface area contributed by atoms with Crippen LogP contribution in [0.4, 0.5) is 4.39 Å². The molecule has 1 atom stereocenters. The van der Waals surface area contributed by atoms with E-state index in [9.17, 15) is 4.39 Å². The summed E-state index contributed by atoms with van der Waals surface area (Å²) < 4.78 is 14.1. The quantitative estimate of drug-likeness (QED) is 0.851. The Kier molecular flexibility index (Phi) is 5.12. The monoisotopic (exact) mass is 350 g/mol. The molecule has 4 heteroatoms. The smallest absolute Gasteiger partial charge is 0.123 e. The largest absolute Gasteiger partial charge is 0.305 e. The molecule has 0 saturated heterocycles. The summed E-state index contributed by atoms with van der Waals surface area (Å²) in [4.78, 5) is 4.17. The lowest BCUT2D eigenvalue weighted by Gasteiger charge is -2.32. The molecule has 0 fully saturated rings. The Morgan fingerprint density at radius 1 is 1.19 bits per heavy atom. The number of aromatic nitrogens is 1. The summed E-state index contributed by atoms with van der Waals surface area (Å²) in [7, 11) is 0. The van der Waals surface area contributed by atoms with Gasteiger partial charge in [0.15, 0.2) is 0 Å². The van der Waals surface area contributed by atoms with Crippen molar-refractivity contribution < 1.29 is 4.39 Å². The molecule has 0 aliphatic heterocycles. The van der Waals surface area contributed by atoms with E-state index in [4.69, 9.17) is 0 Å². The van der Waals surface area contributed by atoms with Crippen molar-refractivity contribution in [3.63, 3.8) is 0 Å². The lowest BCUT2D eigenvalue weighted by Crippen LogP contribution is -2.32. The van der Waals surface area contributed by atoms with Crippen molar-refractivity contribution in [2.45, 2.75) is 33.4 Å². The van der Waals surface area contributed by atoms with Crippen molar-refractivity contribution in [2.75, 3.05) is 0 Å². The Hall–Kier alpha value is -1.26. The summed E-state index contributed by atoms with van der Waals surface area (Å²) >= 11 is 3.43. The van der Waals surface area contributed by atoms with Crippen molar-refractivity contribution in [2.24, 2.45) is 5.41 Å². The molecule has 0 saturated carbocycles. The molecule has 0 bridgehead atoms. The van der Waals surface area contributed by atoms with Crippen molar-refractivity contribution in [3.8, 4) is 0 Å². The number of pyridine rings is 1. The molecule has 1 heterocycles. The zero-order chi connectivity index (χ0) is 15.5. The highest BCUT2D eigenvalue weighted by Gasteiger charge is 2.25. The van der Waals surface area contributed by atoms with E-state index in [1.807, 2.05) is 24.4 Å². The number of hydrogen-bond acceptors (Lipinski definition) is 2. The molecule has 0 spiro atoms. The summed E-state index contributed by atoms with van der Waals surface area (Å²) in [6, 6.07) is 8.89. The maximum atomic E-state index is 13.1. The number of nitrogens with one attached hydrogen (secondary N) is 1. The van der Waals surface area contributed by atoms with Crippen LogP contribution in [0.15, 0.2) is 47.2 Å². The van der Waals surface area contributed by atoms with Gasteiger partial charge in [-0.05, 0) is 50.7 Å². The molecule has 112 valence electrons. The second kappa shape index (κ2) is 6.67. The summed E-state index contributed by atoms with van der Waals surface area (Å²) in [5, 5.41) is 3.56. The van der Waals surface area contributed by atoms with Crippen molar-refractivity contribution in [3.05, 3.63) is 64.1 Å². The number of nitrogens with zero attached hydrogens (tertiary/aromatic N) is 1. The molecule has 1 aromatic heterocycles. The van der Waals surface area contributed by atoms with Gasteiger partial charge in [0.25, 0.3) is 0 Å². The van der Waals surface area contributed by atoms with Crippen LogP contribution in [0.5, 0.6) is 0 Å². The molecule has 0 amide bonds. The van der Waals surface area contributed by atoms with Crippen molar-refractivity contribution in [1.29, 1.82) is 0 Å². The third-order valence-electron chi connectivity index (χ3n) is 3.34. The summed E-state index contributed by atoms with van der Waals surface area (Å²) in [6.07, 6.45) is 3.62. The van der Waals surface area contributed by atoms with Gasteiger partial charge in [0.2, 0.25) is 0 Å². The fraction of sp³-hybridized carbons (Fsp3) is 0.353. The maximum Gasteiger partial charge on any atom is 0.123 e. The van der Waals surface area contributed by atoms with E-state index in [1.54, 1.807) is 6.20 Å². The third kappa shape index (κ3) is 4.61. The Labute approximate surface area is 133 Å². The van der Waals surface area contributed by atoms with Gasteiger partial charge in [0.05, 0.1) is 0 Å². The number of halogens is 2. The van der Waals surface area contributed by atoms with Gasteiger partial charge in [-0.15, -0.1) is 0 Å². The van der Waals surface area contributed by atoms with Gasteiger partial charge in [-0.3, -0.25) is 4.98 Å². The first-order valence-corrected chi connectivity index (χ1v) is 7.74. The summed E-state index contributed by atoms with van der Waals surface area (Å²) in [6.45, 7) is 7.24. The van der Waals surface area contributed by atoms with Crippen LogP contribution in [0.3, 0.4) is 0 Å². The van der Waals surface area contributed by atoms with Gasteiger partial charge in [-0.25, -0.2) is 4.39 Å². The highest BCUT2D eigenvalue weighted by molar-refractivity contribution is 9.10. The third-order valence-corrected chi connectivity index (χ3v) is 3.77. The zero-order valence-corrected chi connectivity index (χ0v) is 14.1. The highest BCUT2D eigenvalue weighted by Crippen LogP contribution is 2.33. The fourth-order valence-electron chi connectivity index (χ4n) is 2.35. The number of rotatable bonds is 4. The van der Waals surface area contributed by atoms with Gasteiger partial charge in [0, 0.05) is 29.5 Å². The van der Waals surface area contributed by atoms with Gasteiger partial charge in [0.1, 0.15) is 5.82 Å². The molecule has 0 aliphatic rings. The molecule has 0 aliphatic carbocycles. The van der Waals surface area contributed by atoms with Crippen molar-refractivity contribution in [1.82, 2.24) is 10.3 Å². The van der Waals surface area contributed by atoms with Crippen LogP contribution in [0.1, 0.15) is 37.9 Å². The number of benzene rings is 1. The van der Waals surface area contributed by atoms with E-state index in [0.29, 0.717) is 6.54 Å². The van der Waals surface area contributed by atoms with Crippen LogP contribution in [-0.4, -0.2) is 4.98 Å². The highest BCUT2D eigenvalue weighted by atomic mass is 79.9. The van der Waals surface area contributed by atoms with Gasteiger partial charge >= 0.3 is 0 Å². The first-order chi connectivity index (χ1) is 9.86. The second-order valence-electron chi connectivity index (χ2n) is 6.24. The fourth-order valence-corrected chi connectivity index (χ4v) is 2.76. The molecule has 2 nitrogen and oxygen atoms in total. The van der Waals surface area contributed by atoms with Crippen molar-refractivity contribution >= 4 is 15.9 Å². The minimum absolute atomic E-state index is 0.0251. The van der Waals surface area contributed by atoms with E-state index in [-0.39, 0.29) is 17.3 Å². The molecule has 2 aromatic rings. The SMILES string of the molecule is CC(C)(C)C(NCc1cncc(Br)c1)c1ccc(F)cc1. The standard InChI is InChI=1S/C17H20BrFN2/c1-17(2,3)16(13-4-6-15(19)7-5-13)21-10-12-8-14(18)11-20-9-12/h4-9,11,16,21H,10H2,1-3H3. The summed E-state index contributed by atoms with van der Waals surface area (Å²) in [5.41, 5.74) is 2.23. The molecular weight excluding hydrogens is 331 g/mol. The Morgan fingerprint density at radius 3 is 2.43 bits per heavy atom.